The van der Waals surface area contributed by atoms with E-state index in [0.717, 1.165) is 0 Å². The highest BCUT2D eigenvalue weighted by Crippen LogP contribution is 1.68. The Morgan fingerprint density at radius 3 is 2.71 bits per heavy atom. The Kier molecular flexibility index (Phi) is 3.86. The van der Waals surface area contributed by atoms with E-state index in [0.29, 0.717) is 0 Å². The van der Waals surface area contributed by atoms with Crippen molar-refractivity contribution >= 4 is 0 Å². The first-order valence-electron chi connectivity index (χ1n) is 1.78. The van der Waals surface area contributed by atoms with Gasteiger partial charge in [-0.2, -0.15) is 5.48 Å². The SMILES string of the molecule is CN([O-])ONCN. The van der Waals surface area contributed by atoms with E-state index in [2.05, 4.69) is 10.4 Å². The first-order chi connectivity index (χ1) is 3.27. The fourth-order valence-corrected chi connectivity index (χ4v) is 0.128. The number of nitrogens with zero attached hydrogens (tertiary/aromatic N) is 1. The monoisotopic (exact) mass is 106 g/mol. The van der Waals surface area contributed by atoms with E-state index >= 15 is 0 Å². The molecule has 0 aliphatic carbocycles. The zero-order chi connectivity index (χ0) is 5.70. The predicted molar refractivity (Wildman–Crippen MR) is 24.4 cm³/mol. The molecule has 0 aromatic rings. The molecule has 0 saturated carbocycles. The highest BCUT2D eigenvalue weighted by molar-refractivity contribution is 4.21. The van der Waals surface area contributed by atoms with Crippen LogP contribution in [0.2, 0.25) is 0 Å². The zero-order valence-electron chi connectivity index (χ0n) is 4.05. The van der Waals surface area contributed by atoms with Crippen LogP contribution < -0.4 is 11.2 Å². The van der Waals surface area contributed by atoms with Gasteiger partial charge in [-0.3, -0.25) is 0 Å². The van der Waals surface area contributed by atoms with Crippen LogP contribution >= 0.6 is 0 Å². The second-order valence-electron chi connectivity index (χ2n) is 0.879. The summed E-state index contributed by atoms with van der Waals surface area (Å²) in [5.74, 6) is 0. The van der Waals surface area contributed by atoms with E-state index in [1.807, 2.05) is 0 Å². The molecule has 0 heterocycles. The third kappa shape index (κ3) is 5.80. The van der Waals surface area contributed by atoms with Gasteiger partial charge in [-0.1, -0.05) is 0 Å². The van der Waals surface area contributed by atoms with Gasteiger partial charge in [-0.15, -0.1) is 0 Å². The average Bonchev–Trinajstić information content (AvgIpc) is 1.61. The largest absolute Gasteiger partial charge is 0.761 e. The molecule has 0 rings (SSSR count). The Morgan fingerprint density at radius 2 is 2.57 bits per heavy atom. The number of nitrogens with one attached hydrogen (secondary N) is 1. The van der Waals surface area contributed by atoms with Crippen molar-refractivity contribution in [3.05, 3.63) is 5.21 Å². The standard InChI is InChI=1S/C2H8N3O2/c1-5(6)7-4-2-3/h4H,2-3H2,1H3/q-1. The lowest BCUT2D eigenvalue weighted by molar-refractivity contribution is -0.160. The van der Waals surface area contributed by atoms with Crippen molar-refractivity contribution in [3.63, 3.8) is 0 Å². The van der Waals surface area contributed by atoms with Gasteiger partial charge in [0.05, 0.1) is 6.67 Å². The lowest BCUT2D eigenvalue weighted by Gasteiger charge is -2.19. The summed E-state index contributed by atoms with van der Waals surface area (Å²) >= 11 is 0. The first-order valence-corrected chi connectivity index (χ1v) is 1.78. The molecule has 0 fully saturated rings. The topological polar surface area (TPSA) is 73.6 Å². The summed E-state index contributed by atoms with van der Waals surface area (Å²) in [6.45, 7) is 0.132. The Balaban J connectivity index is 2.68. The number of hydrogen-bond acceptors (Lipinski definition) is 5. The molecule has 0 atom stereocenters. The minimum absolute atomic E-state index is 0.132. The van der Waals surface area contributed by atoms with Gasteiger partial charge >= 0.3 is 0 Å². The molecule has 0 saturated heterocycles. The maximum absolute atomic E-state index is 9.78. The van der Waals surface area contributed by atoms with E-state index in [4.69, 9.17) is 5.73 Å². The highest BCUT2D eigenvalue weighted by Gasteiger charge is 1.74. The predicted octanol–water partition coefficient (Wildman–Crippen LogP) is -1.23. The normalized spacial score (nSPS) is 10.3. The minimum Gasteiger partial charge on any atom is -0.761 e. The van der Waals surface area contributed by atoms with Crippen molar-refractivity contribution < 1.29 is 4.94 Å². The zero-order valence-corrected chi connectivity index (χ0v) is 4.05. The van der Waals surface area contributed by atoms with E-state index in [9.17, 15) is 5.21 Å². The van der Waals surface area contributed by atoms with Crippen molar-refractivity contribution in [2.75, 3.05) is 13.7 Å². The van der Waals surface area contributed by atoms with Crippen molar-refractivity contribution in [2.24, 2.45) is 5.73 Å². The van der Waals surface area contributed by atoms with Crippen LogP contribution in [0.1, 0.15) is 0 Å². The molecule has 0 aliphatic rings. The van der Waals surface area contributed by atoms with Gasteiger partial charge in [0.25, 0.3) is 0 Å². The molecule has 3 N–H and O–H groups in total. The van der Waals surface area contributed by atoms with Gasteiger partial charge in [0, 0.05) is 7.05 Å². The summed E-state index contributed by atoms with van der Waals surface area (Å²) in [5, 5.41) is 10.0. The molecule has 5 nitrogen and oxygen atoms in total. The number of hydrogen-bond donors (Lipinski definition) is 2. The highest BCUT2D eigenvalue weighted by atomic mass is 17.0. The van der Waals surface area contributed by atoms with Gasteiger partial charge in [-0.25, -0.2) is 10.2 Å². The van der Waals surface area contributed by atoms with Crippen LogP contribution in [0.4, 0.5) is 0 Å². The quantitative estimate of drug-likeness (QED) is 0.348. The first kappa shape index (κ1) is 6.80. The van der Waals surface area contributed by atoms with E-state index < -0.39 is 0 Å². The number of hydroxylamine groups is 3. The van der Waals surface area contributed by atoms with Gasteiger partial charge in [0.2, 0.25) is 0 Å². The molecule has 0 aromatic heterocycles. The van der Waals surface area contributed by atoms with Crippen LogP contribution in [0, 0.1) is 5.21 Å². The van der Waals surface area contributed by atoms with Crippen LogP contribution in [0.25, 0.3) is 0 Å². The Bertz CT molecular complexity index is 39.9. The summed E-state index contributed by atoms with van der Waals surface area (Å²) in [7, 11) is 1.21. The lowest BCUT2D eigenvalue weighted by atomic mass is 11.2. The van der Waals surface area contributed by atoms with Crippen LogP contribution in [0.5, 0.6) is 0 Å². The Morgan fingerprint density at radius 1 is 2.00 bits per heavy atom. The van der Waals surface area contributed by atoms with Gasteiger partial charge in [-0.05, 0) is 0 Å². The van der Waals surface area contributed by atoms with Gasteiger partial charge < -0.3 is 10.9 Å². The summed E-state index contributed by atoms with van der Waals surface area (Å²) in [4.78, 5) is 4.09. The van der Waals surface area contributed by atoms with Crippen molar-refractivity contribution in [2.45, 2.75) is 0 Å². The second-order valence-corrected chi connectivity index (χ2v) is 0.879. The van der Waals surface area contributed by atoms with Crippen LogP contribution in [-0.2, 0) is 4.94 Å². The third-order valence-electron chi connectivity index (χ3n) is 0.276. The third-order valence-corrected chi connectivity index (χ3v) is 0.276. The van der Waals surface area contributed by atoms with E-state index in [-0.39, 0.29) is 11.9 Å². The van der Waals surface area contributed by atoms with Crippen LogP contribution in [0.15, 0.2) is 0 Å². The smallest absolute Gasteiger partial charge is 0.0694 e. The Labute approximate surface area is 41.5 Å². The minimum atomic E-state index is 0.132. The molecule has 0 spiro atoms. The van der Waals surface area contributed by atoms with Crippen molar-refractivity contribution in [3.8, 4) is 0 Å². The molecule has 7 heavy (non-hydrogen) atoms. The van der Waals surface area contributed by atoms with Crippen LogP contribution in [0.3, 0.4) is 0 Å². The summed E-state index contributed by atoms with van der Waals surface area (Å²) in [5.41, 5.74) is 7.01. The maximum Gasteiger partial charge on any atom is 0.0694 e. The summed E-state index contributed by atoms with van der Waals surface area (Å²) in [6, 6.07) is 0. The summed E-state index contributed by atoms with van der Waals surface area (Å²) in [6.07, 6.45) is 0. The van der Waals surface area contributed by atoms with Crippen LogP contribution in [-0.4, -0.2) is 18.9 Å². The molecular formula is C2H8N3O2-. The molecule has 0 radical (unpaired) electrons. The van der Waals surface area contributed by atoms with Gasteiger partial charge in [0.1, 0.15) is 0 Å². The lowest BCUT2D eigenvalue weighted by Crippen LogP contribution is -2.28. The molecule has 0 unspecified atom stereocenters. The van der Waals surface area contributed by atoms with E-state index in [1.54, 1.807) is 0 Å². The molecule has 44 valence electrons. The molecule has 5 heteroatoms. The molecular weight excluding hydrogens is 98.0 g/mol. The number of rotatable bonds is 3. The molecule has 0 aromatic carbocycles. The summed E-state index contributed by atoms with van der Waals surface area (Å²) < 4.78 is 0. The van der Waals surface area contributed by atoms with Crippen molar-refractivity contribution in [1.29, 1.82) is 0 Å². The number of nitrogens with two attached hydrogens (primary N) is 1. The molecule has 0 bridgehead atoms. The fourth-order valence-electron chi connectivity index (χ4n) is 0.128. The second kappa shape index (κ2) is 3.97. The molecule has 0 aliphatic heterocycles. The molecule has 0 amide bonds. The Hall–Kier alpha value is -0.200. The maximum atomic E-state index is 9.78. The van der Waals surface area contributed by atoms with E-state index in [1.165, 1.54) is 7.05 Å². The van der Waals surface area contributed by atoms with Gasteiger partial charge in [0.15, 0.2) is 0 Å². The fraction of sp³-hybridized carbons (Fsp3) is 1.00. The average molecular weight is 106 g/mol. The van der Waals surface area contributed by atoms with Crippen molar-refractivity contribution in [1.82, 2.24) is 10.7 Å².